The van der Waals surface area contributed by atoms with E-state index in [1.54, 1.807) is 24.3 Å². The van der Waals surface area contributed by atoms with Crippen molar-refractivity contribution < 1.29 is 9.18 Å². The third-order valence-electron chi connectivity index (χ3n) is 4.23. The summed E-state index contributed by atoms with van der Waals surface area (Å²) in [7, 11) is 0. The van der Waals surface area contributed by atoms with E-state index in [1.165, 1.54) is 37.8 Å². The molecule has 1 aromatic carbocycles. The maximum atomic E-state index is 13.6. The van der Waals surface area contributed by atoms with Gasteiger partial charge in [-0.3, -0.25) is 4.79 Å². The molecule has 126 valence electrons. The first kappa shape index (κ1) is 16.4. The van der Waals surface area contributed by atoms with Gasteiger partial charge in [0.25, 0.3) is 5.91 Å². The van der Waals surface area contributed by atoms with Crippen LogP contribution in [0.5, 0.6) is 0 Å². The smallest absolute Gasteiger partial charge is 0.276 e. The molecule has 2 aromatic rings. The van der Waals surface area contributed by atoms with E-state index in [-0.39, 0.29) is 11.4 Å². The number of para-hydroxylation sites is 1. The van der Waals surface area contributed by atoms with E-state index in [0.29, 0.717) is 11.9 Å². The van der Waals surface area contributed by atoms with Crippen LogP contribution in [0.25, 0.3) is 0 Å². The number of hydrogen-bond acceptors (Lipinski definition) is 4. The maximum absolute atomic E-state index is 13.6. The molecule has 0 atom stereocenters. The Bertz CT molecular complexity index is 682. The number of rotatable bonds is 4. The molecule has 0 aliphatic heterocycles. The van der Waals surface area contributed by atoms with Gasteiger partial charge < -0.3 is 10.6 Å². The number of amides is 1. The van der Waals surface area contributed by atoms with Gasteiger partial charge in [0, 0.05) is 6.04 Å². The Morgan fingerprint density at radius 2 is 1.75 bits per heavy atom. The molecule has 6 heteroatoms. The van der Waals surface area contributed by atoms with E-state index in [9.17, 15) is 9.18 Å². The summed E-state index contributed by atoms with van der Waals surface area (Å²) in [5.74, 6) is -0.289. The minimum absolute atomic E-state index is 0.130. The van der Waals surface area contributed by atoms with Gasteiger partial charge in [-0.05, 0) is 37.1 Å². The lowest BCUT2D eigenvalue weighted by atomic mass is 10.1. The summed E-state index contributed by atoms with van der Waals surface area (Å²) in [6.45, 7) is 0. The molecule has 1 aromatic heterocycles. The zero-order chi connectivity index (χ0) is 16.8. The molecule has 5 nitrogen and oxygen atoms in total. The van der Waals surface area contributed by atoms with E-state index >= 15 is 0 Å². The van der Waals surface area contributed by atoms with E-state index in [4.69, 9.17) is 0 Å². The highest BCUT2D eigenvalue weighted by Crippen LogP contribution is 2.20. The summed E-state index contributed by atoms with van der Waals surface area (Å²) in [6.07, 6.45) is 7.31. The summed E-state index contributed by atoms with van der Waals surface area (Å²) in [6, 6.07) is 9.78. The number of hydrogen-bond donors (Lipinski definition) is 2. The van der Waals surface area contributed by atoms with Crippen LogP contribution in [-0.4, -0.2) is 22.1 Å². The number of anilines is 2. The number of halogens is 1. The molecule has 1 amide bonds. The van der Waals surface area contributed by atoms with Crippen molar-refractivity contribution in [3.8, 4) is 0 Å². The Morgan fingerprint density at radius 1 is 1.00 bits per heavy atom. The third-order valence-corrected chi connectivity index (χ3v) is 4.23. The summed E-state index contributed by atoms with van der Waals surface area (Å²) in [4.78, 5) is 12.1. The van der Waals surface area contributed by atoms with Crippen molar-refractivity contribution in [1.82, 2.24) is 10.2 Å². The van der Waals surface area contributed by atoms with Crippen LogP contribution in [0.1, 0.15) is 49.0 Å². The van der Waals surface area contributed by atoms with Crippen LogP contribution < -0.4 is 10.6 Å². The molecule has 0 radical (unpaired) electrons. The van der Waals surface area contributed by atoms with Gasteiger partial charge >= 0.3 is 0 Å². The van der Waals surface area contributed by atoms with Gasteiger partial charge in [0.05, 0.1) is 5.69 Å². The molecule has 1 aliphatic carbocycles. The molecule has 0 saturated heterocycles. The maximum Gasteiger partial charge on any atom is 0.276 e. The second kappa shape index (κ2) is 7.86. The highest BCUT2D eigenvalue weighted by atomic mass is 19.1. The molecule has 1 heterocycles. The van der Waals surface area contributed by atoms with Gasteiger partial charge in [-0.1, -0.05) is 37.8 Å². The minimum atomic E-state index is -0.481. The minimum Gasteiger partial charge on any atom is -0.366 e. The SMILES string of the molecule is O=C(Nc1ccccc1F)c1ccc(NC2CCCCCC2)nn1. The standard InChI is InChI=1S/C18H21FN4O/c19-14-9-5-6-10-15(14)21-18(24)16-11-12-17(23-22-16)20-13-7-3-1-2-4-8-13/h5-6,9-13H,1-4,7-8H2,(H,20,23)(H,21,24). The zero-order valence-corrected chi connectivity index (χ0v) is 13.5. The number of carbonyl (C=O) groups excluding carboxylic acids is 1. The van der Waals surface area contributed by atoms with Gasteiger partial charge in [-0.25, -0.2) is 4.39 Å². The van der Waals surface area contributed by atoms with Crippen LogP contribution in [0.3, 0.4) is 0 Å². The Morgan fingerprint density at radius 3 is 2.42 bits per heavy atom. The van der Waals surface area contributed by atoms with Crippen LogP contribution in [0.2, 0.25) is 0 Å². The van der Waals surface area contributed by atoms with Gasteiger partial charge in [0.1, 0.15) is 11.6 Å². The predicted molar refractivity (Wildman–Crippen MR) is 91.5 cm³/mol. The van der Waals surface area contributed by atoms with E-state index in [1.807, 2.05) is 0 Å². The molecule has 0 bridgehead atoms. The highest BCUT2D eigenvalue weighted by molar-refractivity contribution is 6.02. The van der Waals surface area contributed by atoms with E-state index < -0.39 is 11.7 Å². The number of nitrogens with zero attached hydrogens (tertiary/aromatic N) is 2. The zero-order valence-electron chi connectivity index (χ0n) is 13.5. The molecule has 1 saturated carbocycles. The summed E-state index contributed by atoms with van der Waals surface area (Å²) < 4.78 is 13.6. The monoisotopic (exact) mass is 328 g/mol. The van der Waals surface area contributed by atoms with Gasteiger partial charge in [0.15, 0.2) is 5.69 Å². The third kappa shape index (κ3) is 4.28. The normalized spacial score (nSPS) is 15.5. The highest BCUT2D eigenvalue weighted by Gasteiger charge is 2.14. The van der Waals surface area contributed by atoms with Crippen LogP contribution in [-0.2, 0) is 0 Å². The molecule has 1 aliphatic rings. The van der Waals surface area contributed by atoms with Crippen molar-refractivity contribution in [3.05, 3.63) is 47.9 Å². The molecule has 24 heavy (non-hydrogen) atoms. The average Bonchev–Trinajstić information content (AvgIpc) is 2.86. The van der Waals surface area contributed by atoms with Gasteiger partial charge in [-0.2, -0.15) is 0 Å². The van der Waals surface area contributed by atoms with Crippen LogP contribution in [0, 0.1) is 5.82 Å². The summed E-state index contributed by atoms with van der Waals surface area (Å²) in [5, 5.41) is 13.9. The van der Waals surface area contributed by atoms with Crippen LogP contribution >= 0.6 is 0 Å². The van der Waals surface area contributed by atoms with Crippen molar-refractivity contribution in [2.45, 2.75) is 44.6 Å². The average molecular weight is 328 g/mol. The predicted octanol–water partition coefficient (Wildman–Crippen LogP) is 4.00. The fraction of sp³-hybridized carbons (Fsp3) is 0.389. The lowest BCUT2D eigenvalue weighted by Crippen LogP contribution is -2.20. The molecular weight excluding hydrogens is 307 g/mol. The Kier molecular flexibility index (Phi) is 5.36. The number of benzene rings is 1. The first-order chi connectivity index (χ1) is 11.7. The molecular formula is C18H21FN4O. The molecule has 2 N–H and O–H groups in total. The first-order valence-corrected chi connectivity index (χ1v) is 8.38. The second-order valence-corrected chi connectivity index (χ2v) is 6.07. The van der Waals surface area contributed by atoms with E-state index in [0.717, 1.165) is 12.8 Å². The Balaban J connectivity index is 1.61. The van der Waals surface area contributed by atoms with Crippen LogP contribution in [0.4, 0.5) is 15.9 Å². The van der Waals surface area contributed by atoms with Gasteiger partial charge in [-0.15, -0.1) is 10.2 Å². The molecule has 0 unspecified atom stereocenters. The van der Waals surface area contributed by atoms with Crippen LogP contribution in [0.15, 0.2) is 36.4 Å². The molecule has 3 rings (SSSR count). The van der Waals surface area contributed by atoms with Crippen molar-refractivity contribution in [1.29, 1.82) is 0 Å². The molecule has 0 spiro atoms. The van der Waals surface area contributed by atoms with Crippen molar-refractivity contribution >= 4 is 17.4 Å². The summed E-state index contributed by atoms with van der Waals surface area (Å²) >= 11 is 0. The topological polar surface area (TPSA) is 66.9 Å². The summed E-state index contributed by atoms with van der Waals surface area (Å²) in [5.41, 5.74) is 0.287. The molecule has 1 fully saturated rings. The lowest BCUT2D eigenvalue weighted by Gasteiger charge is -2.16. The fourth-order valence-corrected chi connectivity index (χ4v) is 2.91. The second-order valence-electron chi connectivity index (χ2n) is 6.07. The number of carbonyl (C=O) groups is 1. The van der Waals surface area contributed by atoms with Crippen molar-refractivity contribution in [3.63, 3.8) is 0 Å². The largest absolute Gasteiger partial charge is 0.366 e. The number of nitrogens with one attached hydrogen (secondary N) is 2. The number of aromatic nitrogens is 2. The van der Waals surface area contributed by atoms with Gasteiger partial charge in [0.2, 0.25) is 0 Å². The quantitative estimate of drug-likeness (QED) is 0.833. The fourth-order valence-electron chi connectivity index (χ4n) is 2.91. The Labute approximate surface area is 140 Å². The van der Waals surface area contributed by atoms with E-state index in [2.05, 4.69) is 20.8 Å². The Hall–Kier alpha value is -2.50. The van der Waals surface area contributed by atoms with Crippen molar-refractivity contribution in [2.24, 2.45) is 0 Å². The van der Waals surface area contributed by atoms with Crippen molar-refractivity contribution in [2.75, 3.05) is 10.6 Å². The first-order valence-electron chi connectivity index (χ1n) is 8.38. The lowest BCUT2D eigenvalue weighted by molar-refractivity contribution is 0.102.